The van der Waals surface area contributed by atoms with Gasteiger partial charge in [0, 0.05) is 39.8 Å². The van der Waals surface area contributed by atoms with Crippen molar-refractivity contribution in [2.75, 3.05) is 65.8 Å². The van der Waals surface area contributed by atoms with Crippen LogP contribution >= 0.6 is 0 Å². The second-order valence-electron chi connectivity index (χ2n) is 6.61. The molecule has 1 unspecified atom stereocenters. The van der Waals surface area contributed by atoms with Gasteiger partial charge in [-0.05, 0) is 24.6 Å². The topological polar surface area (TPSA) is 104 Å². The van der Waals surface area contributed by atoms with Gasteiger partial charge in [0.1, 0.15) is 5.75 Å². The largest absolute Gasteiger partial charge is 0.497 e. The first-order chi connectivity index (χ1) is 14.0. The maximum Gasteiger partial charge on any atom is 0.211 e. The molecule has 1 aliphatic rings. The van der Waals surface area contributed by atoms with Gasteiger partial charge in [-0.15, -0.1) is 0 Å². The van der Waals surface area contributed by atoms with E-state index in [0.717, 1.165) is 32.1 Å². The standard InChI is InChI=1S/C19H33N5O4S/c1-4-29(25,26)23-10-9-21-19(20-2)22-15-18(24-11-13-28-14-12-24)16-5-7-17(27-3)8-6-16/h5-8,18,23H,4,9-15H2,1-3H3,(H2,20,21,22). The van der Waals surface area contributed by atoms with E-state index in [0.29, 0.717) is 25.6 Å². The van der Waals surface area contributed by atoms with Crippen molar-refractivity contribution in [3.8, 4) is 5.75 Å². The molecule has 0 aliphatic carbocycles. The average molecular weight is 428 g/mol. The summed E-state index contributed by atoms with van der Waals surface area (Å²) in [6.07, 6.45) is 0. The van der Waals surface area contributed by atoms with Crippen LogP contribution in [0.4, 0.5) is 0 Å². The summed E-state index contributed by atoms with van der Waals surface area (Å²) in [4.78, 5) is 6.62. The molecule has 1 atom stereocenters. The molecule has 0 saturated carbocycles. The molecule has 1 saturated heterocycles. The molecule has 1 aromatic carbocycles. The zero-order valence-electron chi connectivity index (χ0n) is 17.5. The minimum atomic E-state index is -3.19. The van der Waals surface area contributed by atoms with Gasteiger partial charge in [0.05, 0.1) is 32.1 Å². The lowest BCUT2D eigenvalue weighted by Crippen LogP contribution is -2.47. The quantitative estimate of drug-likeness (QED) is 0.278. The van der Waals surface area contributed by atoms with Crippen molar-refractivity contribution in [1.82, 2.24) is 20.3 Å². The van der Waals surface area contributed by atoms with E-state index < -0.39 is 10.0 Å². The van der Waals surface area contributed by atoms with Crippen molar-refractivity contribution in [3.05, 3.63) is 29.8 Å². The van der Waals surface area contributed by atoms with Crippen molar-refractivity contribution >= 4 is 16.0 Å². The predicted molar refractivity (Wildman–Crippen MR) is 115 cm³/mol. The molecule has 0 aromatic heterocycles. The molecule has 9 nitrogen and oxygen atoms in total. The van der Waals surface area contributed by atoms with Crippen LogP contribution in [0.1, 0.15) is 18.5 Å². The number of guanidine groups is 1. The van der Waals surface area contributed by atoms with Gasteiger partial charge in [-0.3, -0.25) is 9.89 Å². The van der Waals surface area contributed by atoms with E-state index in [2.05, 4.69) is 37.4 Å². The second kappa shape index (κ2) is 12.0. The van der Waals surface area contributed by atoms with Crippen LogP contribution in [0.5, 0.6) is 5.75 Å². The van der Waals surface area contributed by atoms with Crippen LogP contribution in [0.15, 0.2) is 29.3 Å². The van der Waals surface area contributed by atoms with Crippen LogP contribution in [-0.2, 0) is 14.8 Å². The number of methoxy groups -OCH3 is 1. The van der Waals surface area contributed by atoms with Gasteiger partial charge in [-0.1, -0.05) is 12.1 Å². The summed E-state index contributed by atoms with van der Waals surface area (Å²) >= 11 is 0. The van der Waals surface area contributed by atoms with E-state index in [4.69, 9.17) is 9.47 Å². The smallest absolute Gasteiger partial charge is 0.211 e. The van der Waals surface area contributed by atoms with Crippen LogP contribution in [0.2, 0.25) is 0 Å². The van der Waals surface area contributed by atoms with Crippen LogP contribution in [-0.4, -0.2) is 85.1 Å². The van der Waals surface area contributed by atoms with Crippen molar-refractivity contribution < 1.29 is 17.9 Å². The van der Waals surface area contributed by atoms with E-state index in [1.807, 2.05) is 12.1 Å². The Morgan fingerprint density at radius 3 is 2.48 bits per heavy atom. The minimum Gasteiger partial charge on any atom is -0.497 e. The summed E-state index contributed by atoms with van der Waals surface area (Å²) in [5.74, 6) is 1.53. The van der Waals surface area contributed by atoms with Gasteiger partial charge in [-0.25, -0.2) is 13.1 Å². The molecule has 10 heteroatoms. The molecule has 1 fully saturated rings. The van der Waals surface area contributed by atoms with E-state index in [1.54, 1.807) is 21.1 Å². The fourth-order valence-electron chi connectivity index (χ4n) is 3.08. The third-order valence-electron chi connectivity index (χ3n) is 4.79. The fraction of sp³-hybridized carbons (Fsp3) is 0.632. The van der Waals surface area contributed by atoms with Crippen LogP contribution < -0.4 is 20.1 Å². The lowest BCUT2D eigenvalue weighted by atomic mass is 10.0. The van der Waals surface area contributed by atoms with Gasteiger partial charge in [0.25, 0.3) is 0 Å². The van der Waals surface area contributed by atoms with E-state index in [9.17, 15) is 8.42 Å². The van der Waals surface area contributed by atoms with E-state index in [-0.39, 0.29) is 11.8 Å². The van der Waals surface area contributed by atoms with Crippen molar-refractivity contribution in [2.45, 2.75) is 13.0 Å². The molecular formula is C19H33N5O4S. The first-order valence-corrected chi connectivity index (χ1v) is 11.5. The number of rotatable bonds is 10. The fourth-order valence-corrected chi connectivity index (χ4v) is 3.69. The van der Waals surface area contributed by atoms with Crippen molar-refractivity contribution in [2.24, 2.45) is 4.99 Å². The summed E-state index contributed by atoms with van der Waals surface area (Å²) in [7, 11) is 0.171. The highest BCUT2D eigenvalue weighted by molar-refractivity contribution is 7.89. The summed E-state index contributed by atoms with van der Waals surface area (Å²) in [6, 6.07) is 8.25. The zero-order chi connectivity index (χ0) is 21.1. The maximum atomic E-state index is 11.5. The molecule has 1 heterocycles. The van der Waals surface area contributed by atoms with Gasteiger partial charge >= 0.3 is 0 Å². The monoisotopic (exact) mass is 427 g/mol. The Kier molecular flexibility index (Phi) is 9.65. The Morgan fingerprint density at radius 2 is 1.90 bits per heavy atom. The van der Waals surface area contributed by atoms with Crippen molar-refractivity contribution in [1.29, 1.82) is 0 Å². The molecule has 0 bridgehead atoms. The molecule has 2 rings (SSSR count). The third-order valence-corrected chi connectivity index (χ3v) is 6.20. The molecule has 1 aromatic rings. The Hall–Kier alpha value is -1.88. The van der Waals surface area contributed by atoms with Gasteiger partial charge < -0.3 is 20.1 Å². The van der Waals surface area contributed by atoms with Gasteiger partial charge in [0.15, 0.2) is 5.96 Å². The Balaban J connectivity index is 1.94. The lowest BCUT2D eigenvalue weighted by molar-refractivity contribution is 0.0170. The van der Waals surface area contributed by atoms with E-state index >= 15 is 0 Å². The van der Waals surface area contributed by atoms with Crippen LogP contribution in [0.25, 0.3) is 0 Å². The van der Waals surface area contributed by atoms with E-state index in [1.165, 1.54) is 5.56 Å². The highest BCUT2D eigenvalue weighted by atomic mass is 32.2. The van der Waals surface area contributed by atoms with Gasteiger partial charge in [0.2, 0.25) is 10.0 Å². The molecule has 1 aliphatic heterocycles. The summed E-state index contributed by atoms with van der Waals surface area (Å²) in [5.41, 5.74) is 1.19. The highest BCUT2D eigenvalue weighted by Gasteiger charge is 2.23. The molecule has 0 radical (unpaired) electrons. The van der Waals surface area contributed by atoms with Crippen LogP contribution in [0, 0.1) is 0 Å². The number of morpholine rings is 1. The Morgan fingerprint density at radius 1 is 1.21 bits per heavy atom. The average Bonchev–Trinajstić information content (AvgIpc) is 2.76. The number of benzene rings is 1. The number of hydrogen-bond donors (Lipinski definition) is 3. The molecule has 0 spiro atoms. The number of nitrogens with zero attached hydrogens (tertiary/aromatic N) is 2. The van der Waals surface area contributed by atoms with Crippen LogP contribution in [0.3, 0.4) is 0 Å². The summed E-state index contributed by atoms with van der Waals surface area (Å²) in [6.45, 7) is 6.20. The minimum absolute atomic E-state index is 0.0725. The molecule has 0 amide bonds. The maximum absolute atomic E-state index is 11.5. The molecule has 164 valence electrons. The third kappa shape index (κ3) is 7.81. The second-order valence-corrected chi connectivity index (χ2v) is 8.71. The first kappa shape index (κ1) is 23.4. The Bertz CT molecular complexity index is 733. The number of nitrogens with one attached hydrogen (secondary N) is 3. The normalized spacial score (nSPS) is 17.0. The molecular weight excluding hydrogens is 394 g/mol. The van der Waals surface area contributed by atoms with Gasteiger partial charge in [-0.2, -0.15) is 0 Å². The molecule has 3 N–H and O–H groups in total. The molecule has 29 heavy (non-hydrogen) atoms. The number of hydrogen-bond acceptors (Lipinski definition) is 6. The van der Waals surface area contributed by atoms with Crippen molar-refractivity contribution in [3.63, 3.8) is 0 Å². The summed E-state index contributed by atoms with van der Waals surface area (Å²) < 4.78 is 36.3. The number of ether oxygens (including phenoxy) is 2. The first-order valence-electron chi connectivity index (χ1n) is 9.86. The number of sulfonamides is 1. The lowest BCUT2D eigenvalue weighted by Gasteiger charge is -2.35. The SMILES string of the molecule is CCS(=O)(=O)NCCNC(=NC)NCC(c1ccc(OC)cc1)N1CCOCC1. The Labute approximate surface area is 173 Å². The number of aliphatic imine (C=N–C) groups is 1. The highest BCUT2D eigenvalue weighted by Crippen LogP contribution is 2.23. The summed E-state index contributed by atoms with van der Waals surface area (Å²) in [5, 5.41) is 6.50. The predicted octanol–water partition coefficient (Wildman–Crippen LogP) is 0.173. The zero-order valence-corrected chi connectivity index (χ0v) is 18.3.